The fourth-order valence-electron chi connectivity index (χ4n) is 1.64. The first-order chi connectivity index (χ1) is 8.33. The molecule has 0 unspecified atom stereocenters. The SMILES string of the molecule is CSC(=C(Cl)c1ccccc1)c1ccccc1. The van der Waals surface area contributed by atoms with Crippen LogP contribution in [0.25, 0.3) is 9.94 Å². The lowest BCUT2D eigenvalue weighted by molar-refractivity contribution is 1.63. The third-order valence-corrected chi connectivity index (χ3v) is 3.83. The molecule has 0 aliphatic rings. The second-order valence-electron chi connectivity index (χ2n) is 3.58. The number of rotatable bonds is 3. The Hall–Kier alpha value is -1.18. The molecule has 0 nitrogen and oxygen atoms in total. The van der Waals surface area contributed by atoms with Crippen molar-refractivity contribution in [3.8, 4) is 0 Å². The van der Waals surface area contributed by atoms with Crippen LogP contribution in [0.5, 0.6) is 0 Å². The summed E-state index contributed by atoms with van der Waals surface area (Å²) < 4.78 is 0. The van der Waals surface area contributed by atoms with Crippen LogP contribution >= 0.6 is 23.4 Å². The van der Waals surface area contributed by atoms with E-state index in [9.17, 15) is 0 Å². The van der Waals surface area contributed by atoms with Gasteiger partial charge in [0.15, 0.2) is 0 Å². The van der Waals surface area contributed by atoms with Crippen molar-refractivity contribution in [2.45, 2.75) is 0 Å². The first-order valence-corrected chi connectivity index (χ1v) is 6.98. The third kappa shape index (κ3) is 2.93. The van der Waals surface area contributed by atoms with E-state index in [0.29, 0.717) is 0 Å². The zero-order valence-electron chi connectivity index (χ0n) is 9.56. The molecule has 0 saturated heterocycles. The Kier molecular flexibility index (Phi) is 4.29. The molecule has 0 bridgehead atoms. The zero-order valence-corrected chi connectivity index (χ0v) is 11.1. The average Bonchev–Trinajstić information content (AvgIpc) is 2.42. The highest BCUT2D eigenvalue weighted by Gasteiger charge is 2.07. The monoisotopic (exact) mass is 260 g/mol. The van der Waals surface area contributed by atoms with Gasteiger partial charge in [0.1, 0.15) is 0 Å². The molecule has 0 N–H and O–H groups in total. The summed E-state index contributed by atoms with van der Waals surface area (Å²) in [4.78, 5) is 1.11. The topological polar surface area (TPSA) is 0 Å². The second kappa shape index (κ2) is 5.95. The minimum Gasteiger partial charge on any atom is -0.127 e. The maximum absolute atomic E-state index is 6.47. The number of benzene rings is 2. The first kappa shape index (κ1) is 12.3. The molecule has 86 valence electrons. The van der Waals surface area contributed by atoms with Gasteiger partial charge in [0, 0.05) is 4.91 Å². The number of thioether (sulfide) groups is 1. The van der Waals surface area contributed by atoms with Crippen LogP contribution in [-0.2, 0) is 0 Å². The molecule has 2 heteroatoms. The van der Waals surface area contributed by atoms with Crippen LogP contribution < -0.4 is 0 Å². The van der Waals surface area contributed by atoms with Gasteiger partial charge >= 0.3 is 0 Å². The van der Waals surface area contributed by atoms with E-state index in [-0.39, 0.29) is 0 Å². The Morgan fingerprint density at radius 2 is 1.29 bits per heavy atom. The van der Waals surface area contributed by atoms with Gasteiger partial charge in [0.25, 0.3) is 0 Å². The summed E-state index contributed by atoms with van der Waals surface area (Å²) in [6.45, 7) is 0. The molecular formula is C15H13ClS. The predicted molar refractivity (Wildman–Crippen MR) is 79.1 cm³/mol. The summed E-state index contributed by atoms with van der Waals surface area (Å²) in [7, 11) is 0. The molecule has 0 amide bonds. The Labute approximate surface area is 111 Å². The highest BCUT2D eigenvalue weighted by molar-refractivity contribution is 8.08. The van der Waals surface area contributed by atoms with Gasteiger partial charge in [-0.3, -0.25) is 0 Å². The van der Waals surface area contributed by atoms with Gasteiger partial charge in [0.05, 0.1) is 5.03 Å². The van der Waals surface area contributed by atoms with Crippen molar-refractivity contribution in [2.75, 3.05) is 6.26 Å². The molecule has 0 radical (unpaired) electrons. The molecular weight excluding hydrogens is 248 g/mol. The summed E-state index contributed by atoms with van der Waals surface area (Å²) in [5.74, 6) is 0. The minimum atomic E-state index is 0.810. The molecule has 0 aromatic heterocycles. The molecule has 0 aliphatic carbocycles. The Morgan fingerprint density at radius 3 is 1.76 bits per heavy atom. The van der Waals surface area contributed by atoms with Crippen molar-refractivity contribution < 1.29 is 0 Å². The van der Waals surface area contributed by atoms with Crippen molar-refractivity contribution in [1.82, 2.24) is 0 Å². The van der Waals surface area contributed by atoms with E-state index in [0.717, 1.165) is 21.1 Å². The highest BCUT2D eigenvalue weighted by Crippen LogP contribution is 2.36. The molecule has 0 saturated carbocycles. The molecule has 0 fully saturated rings. The van der Waals surface area contributed by atoms with Crippen LogP contribution in [0, 0.1) is 0 Å². The van der Waals surface area contributed by atoms with E-state index in [1.54, 1.807) is 11.8 Å². The summed E-state index contributed by atoms with van der Waals surface area (Å²) >= 11 is 8.14. The maximum Gasteiger partial charge on any atom is 0.0620 e. The first-order valence-electron chi connectivity index (χ1n) is 5.37. The van der Waals surface area contributed by atoms with Crippen LogP contribution in [0.3, 0.4) is 0 Å². The van der Waals surface area contributed by atoms with E-state index in [4.69, 9.17) is 11.6 Å². The van der Waals surface area contributed by atoms with Crippen molar-refractivity contribution in [1.29, 1.82) is 0 Å². The van der Waals surface area contributed by atoms with Crippen molar-refractivity contribution in [3.63, 3.8) is 0 Å². The molecule has 2 rings (SSSR count). The number of hydrogen-bond donors (Lipinski definition) is 0. The van der Waals surface area contributed by atoms with Crippen LogP contribution in [0.2, 0.25) is 0 Å². The summed E-state index contributed by atoms with van der Waals surface area (Å²) in [6, 6.07) is 20.3. The van der Waals surface area contributed by atoms with Gasteiger partial charge in [0.2, 0.25) is 0 Å². The third-order valence-electron chi connectivity index (χ3n) is 2.47. The van der Waals surface area contributed by atoms with Crippen molar-refractivity contribution in [2.24, 2.45) is 0 Å². The van der Waals surface area contributed by atoms with Gasteiger partial charge < -0.3 is 0 Å². The van der Waals surface area contributed by atoms with Crippen molar-refractivity contribution >= 4 is 33.3 Å². The van der Waals surface area contributed by atoms with E-state index in [1.807, 2.05) is 54.8 Å². The number of hydrogen-bond acceptors (Lipinski definition) is 1. The van der Waals surface area contributed by atoms with Gasteiger partial charge in [-0.15, -0.1) is 11.8 Å². The number of halogens is 1. The van der Waals surface area contributed by atoms with Crippen LogP contribution in [0.4, 0.5) is 0 Å². The lowest BCUT2D eigenvalue weighted by Gasteiger charge is -2.08. The predicted octanol–water partition coefficient (Wildman–Crippen LogP) is 5.11. The normalized spacial score (nSPS) is 12.1. The van der Waals surface area contributed by atoms with Crippen LogP contribution in [0.1, 0.15) is 11.1 Å². The smallest absolute Gasteiger partial charge is 0.0620 e. The lowest BCUT2D eigenvalue weighted by Crippen LogP contribution is -1.84. The second-order valence-corrected chi connectivity index (χ2v) is 4.77. The molecule has 2 aromatic carbocycles. The van der Waals surface area contributed by atoms with E-state index in [2.05, 4.69) is 12.1 Å². The molecule has 0 atom stereocenters. The maximum atomic E-state index is 6.47. The summed E-state index contributed by atoms with van der Waals surface area (Å²) in [6.07, 6.45) is 2.05. The molecule has 0 heterocycles. The fraction of sp³-hybridized carbons (Fsp3) is 0.0667. The highest BCUT2D eigenvalue weighted by atomic mass is 35.5. The fourth-order valence-corrected chi connectivity index (χ4v) is 2.77. The van der Waals surface area contributed by atoms with Gasteiger partial charge in [-0.25, -0.2) is 0 Å². The molecule has 17 heavy (non-hydrogen) atoms. The largest absolute Gasteiger partial charge is 0.127 e. The summed E-state index contributed by atoms with van der Waals surface area (Å²) in [5, 5.41) is 0.810. The summed E-state index contributed by atoms with van der Waals surface area (Å²) in [5.41, 5.74) is 2.22. The van der Waals surface area contributed by atoms with E-state index < -0.39 is 0 Å². The zero-order chi connectivity index (χ0) is 12.1. The molecule has 2 aromatic rings. The lowest BCUT2D eigenvalue weighted by atomic mass is 10.1. The average molecular weight is 261 g/mol. The molecule has 0 spiro atoms. The standard InChI is InChI=1S/C15H13ClS/c1-17-15(13-10-6-3-7-11-13)14(16)12-8-4-2-5-9-12/h2-11H,1H3. The quantitative estimate of drug-likeness (QED) is 0.691. The molecule has 0 aliphatic heterocycles. The van der Waals surface area contributed by atoms with Crippen molar-refractivity contribution in [3.05, 3.63) is 71.8 Å². The van der Waals surface area contributed by atoms with Gasteiger partial charge in [-0.1, -0.05) is 72.3 Å². The Morgan fingerprint density at radius 1 is 0.824 bits per heavy atom. The minimum absolute atomic E-state index is 0.810. The van der Waals surface area contributed by atoms with Gasteiger partial charge in [-0.2, -0.15) is 0 Å². The Bertz CT molecular complexity index is 503. The van der Waals surface area contributed by atoms with E-state index >= 15 is 0 Å². The Balaban J connectivity index is 2.48. The van der Waals surface area contributed by atoms with Crippen LogP contribution in [0.15, 0.2) is 60.7 Å². The van der Waals surface area contributed by atoms with E-state index in [1.165, 1.54) is 0 Å². The van der Waals surface area contributed by atoms with Crippen LogP contribution in [-0.4, -0.2) is 6.26 Å². The van der Waals surface area contributed by atoms with Gasteiger partial charge in [-0.05, 0) is 17.4 Å².